The summed E-state index contributed by atoms with van der Waals surface area (Å²) in [5.74, 6) is -1.12. The molecule has 0 aromatic heterocycles. The maximum atomic E-state index is 12.5. The Balaban J connectivity index is 2.70. The summed E-state index contributed by atoms with van der Waals surface area (Å²) in [6.07, 6.45) is 3.55. The second-order valence-electron chi connectivity index (χ2n) is 5.43. The molecule has 1 rings (SSSR count). The van der Waals surface area contributed by atoms with Gasteiger partial charge in [-0.1, -0.05) is 13.3 Å². The average molecular weight is 286 g/mol. The first-order valence-electron chi connectivity index (χ1n) is 7.29. The van der Waals surface area contributed by atoms with Gasteiger partial charge in [-0.05, 0) is 32.4 Å². The van der Waals surface area contributed by atoms with E-state index in [1.165, 1.54) is 7.11 Å². The molecular formula is C14H26N2O4. The number of amides is 1. The van der Waals surface area contributed by atoms with Crippen LogP contribution in [0.1, 0.15) is 39.0 Å². The van der Waals surface area contributed by atoms with E-state index < -0.39 is 17.4 Å². The van der Waals surface area contributed by atoms with Gasteiger partial charge in [0.1, 0.15) is 6.04 Å². The van der Waals surface area contributed by atoms with Crippen LogP contribution in [-0.2, 0) is 14.3 Å². The fourth-order valence-corrected chi connectivity index (χ4v) is 2.78. The van der Waals surface area contributed by atoms with Crippen molar-refractivity contribution in [3.63, 3.8) is 0 Å². The van der Waals surface area contributed by atoms with E-state index in [1.807, 2.05) is 0 Å². The quantitative estimate of drug-likeness (QED) is 0.613. The normalized spacial score (nSPS) is 19.3. The van der Waals surface area contributed by atoms with E-state index in [0.29, 0.717) is 6.61 Å². The van der Waals surface area contributed by atoms with Crippen molar-refractivity contribution in [3.05, 3.63) is 0 Å². The van der Waals surface area contributed by atoms with Crippen molar-refractivity contribution in [2.45, 2.75) is 45.1 Å². The molecule has 0 aliphatic carbocycles. The molecule has 1 aliphatic heterocycles. The highest BCUT2D eigenvalue weighted by Crippen LogP contribution is 2.34. The topological polar surface area (TPSA) is 87.7 Å². The first-order chi connectivity index (χ1) is 9.55. The predicted octanol–water partition coefficient (Wildman–Crippen LogP) is 0.762. The molecular weight excluding hydrogens is 260 g/mol. The Kier molecular flexibility index (Phi) is 6.95. The summed E-state index contributed by atoms with van der Waals surface area (Å²) in [5.41, 5.74) is -0.416. The number of carboxylic acids is 1. The first kappa shape index (κ1) is 16.9. The number of carboxylic acid groups (broad SMARTS) is 1. The van der Waals surface area contributed by atoms with E-state index in [0.717, 1.165) is 38.8 Å². The number of carbonyl (C=O) groups is 2. The van der Waals surface area contributed by atoms with Gasteiger partial charge in [0, 0.05) is 20.1 Å². The molecule has 0 spiro atoms. The summed E-state index contributed by atoms with van der Waals surface area (Å²) in [5, 5.41) is 15.1. The lowest BCUT2D eigenvalue weighted by Crippen LogP contribution is -2.52. The Morgan fingerprint density at radius 3 is 2.55 bits per heavy atom. The van der Waals surface area contributed by atoms with Crippen LogP contribution in [0.4, 0.5) is 0 Å². The highest BCUT2D eigenvalue weighted by atomic mass is 16.5. The van der Waals surface area contributed by atoms with Gasteiger partial charge < -0.3 is 20.5 Å². The van der Waals surface area contributed by atoms with Gasteiger partial charge in [0.2, 0.25) is 5.91 Å². The molecule has 1 saturated heterocycles. The van der Waals surface area contributed by atoms with Crippen LogP contribution in [0.25, 0.3) is 0 Å². The molecule has 0 aromatic rings. The molecule has 0 radical (unpaired) electrons. The van der Waals surface area contributed by atoms with E-state index in [2.05, 4.69) is 17.6 Å². The van der Waals surface area contributed by atoms with Crippen molar-refractivity contribution in [2.75, 3.05) is 26.8 Å². The zero-order valence-corrected chi connectivity index (χ0v) is 12.4. The van der Waals surface area contributed by atoms with Crippen LogP contribution in [0.2, 0.25) is 0 Å². The van der Waals surface area contributed by atoms with Gasteiger partial charge in [-0.15, -0.1) is 0 Å². The van der Waals surface area contributed by atoms with E-state index in [9.17, 15) is 14.7 Å². The van der Waals surface area contributed by atoms with Crippen molar-refractivity contribution in [1.82, 2.24) is 10.6 Å². The number of methoxy groups -OCH3 is 1. The number of rotatable bonds is 8. The molecule has 6 nitrogen and oxygen atoms in total. The molecule has 6 heteroatoms. The Labute approximate surface area is 120 Å². The van der Waals surface area contributed by atoms with Gasteiger partial charge in [-0.25, -0.2) is 4.79 Å². The summed E-state index contributed by atoms with van der Waals surface area (Å²) in [7, 11) is 1.52. The van der Waals surface area contributed by atoms with Gasteiger partial charge in [0.15, 0.2) is 0 Å². The third-order valence-electron chi connectivity index (χ3n) is 3.98. The Hall–Kier alpha value is -1.14. The minimum absolute atomic E-state index is 0.121. The number of hydrogen-bond acceptors (Lipinski definition) is 4. The largest absolute Gasteiger partial charge is 0.480 e. The standard InChI is InChI=1S/C14H26N2O4/c1-3-5-14(6-8-15-9-7-14)13(19)16-11(12(17)18)4-10-20-2/h11,15H,3-10H2,1-2H3,(H,16,19)(H,17,18). The zero-order chi connectivity index (χ0) is 15.0. The molecule has 1 heterocycles. The molecule has 1 aliphatic rings. The summed E-state index contributed by atoms with van der Waals surface area (Å²) in [6.45, 7) is 3.99. The number of nitrogens with one attached hydrogen (secondary N) is 2. The van der Waals surface area contributed by atoms with E-state index in [-0.39, 0.29) is 12.3 Å². The van der Waals surface area contributed by atoms with Crippen LogP contribution in [0.5, 0.6) is 0 Å². The van der Waals surface area contributed by atoms with Gasteiger partial charge in [-0.3, -0.25) is 4.79 Å². The van der Waals surface area contributed by atoms with Crippen molar-refractivity contribution in [3.8, 4) is 0 Å². The van der Waals surface area contributed by atoms with Gasteiger partial charge in [0.05, 0.1) is 5.41 Å². The van der Waals surface area contributed by atoms with E-state index in [1.54, 1.807) is 0 Å². The van der Waals surface area contributed by atoms with Gasteiger partial charge in [0.25, 0.3) is 0 Å². The second kappa shape index (κ2) is 8.21. The van der Waals surface area contributed by atoms with Gasteiger partial charge >= 0.3 is 5.97 Å². The molecule has 1 fully saturated rings. The minimum atomic E-state index is -1.00. The molecule has 20 heavy (non-hydrogen) atoms. The lowest BCUT2D eigenvalue weighted by atomic mass is 9.74. The zero-order valence-electron chi connectivity index (χ0n) is 12.4. The molecule has 0 saturated carbocycles. The number of carbonyl (C=O) groups excluding carboxylic acids is 1. The van der Waals surface area contributed by atoms with Crippen molar-refractivity contribution in [2.24, 2.45) is 5.41 Å². The van der Waals surface area contributed by atoms with Crippen LogP contribution in [0.15, 0.2) is 0 Å². The number of piperidine rings is 1. The summed E-state index contributed by atoms with van der Waals surface area (Å²) in [6, 6.07) is -0.869. The van der Waals surface area contributed by atoms with Gasteiger partial charge in [-0.2, -0.15) is 0 Å². The van der Waals surface area contributed by atoms with Crippen molar-refractivity contribution in [1.29, 1.82) is 0 Å². The van der Waals surface area contributed by atoms with Crippen molar-refractivity contribution >= 4 is 11.9 Å². The monoisotopic (exact) mass is 286 g/mol. The highest BCUT2D eigenvalue weighted by molar-refractivity contribution is 5.87. The molecule has 0 aromatic carbocycles. The maximum absolute atomic E-state index is 12.5. The Morgan fingerprint density at radius 2 is 2.05 bits per heavy atom. The fraction of sp³-hybridized carbons (Fsp3) is 0.857. The average Bonchev–Trinajstić information content (AvgIpc) is 2.44. The van der Waals surface area contributed by atoms with Crippen LogP contribution < -0.4 is 10.6 Å². The molecule has 3 N–H and O–H groups in total. The Morgan fingerprint density at radius 1 is 1.40 bits per heavy atom. The third kappa shape index (κ3) is 4.45. The van der Waals surface area contributed by atoms with Crippen molar-refractivity contribution < 1.29 is 19.4 Å². The molecule has 0 bridgehead atoms. The smallest absolute Gasteiger partial charge is 0.326 e. The molecule has 1 amide bonds. The Bertz CT molecular complexity index is 322. The lowest BCUT2D eigenvalue weighted by Gasteiger charge is -2.37. The van der Waals surface area contributed by atoms with Crippen LogP contribution in [0.3, 0.4) is 0 Å². The predicted molar refractivity (Wildman–Crippen MR) is 75.5 cm³/mol. The highest BCUT2D eigenvalue weighted by Gasteiger charge is 2.39. The minimum Gasteiger partial charge on any atom is -0.480 e. The number of aliphatic carboxylic acids is 1. The first-order valence-corrected chi connectivity index (χ1v) is 7.29. The number of ether oxygens (including phenoxy) is 1. The fourth-order valence-electron chi connectivity index (χ4n) is 2.78. The number of hydrogen-bond donors (Lipinski definition) is 3. The molecule has 1 unspecified atom stereocenters. The van der Waals surface area contributed by atoms with Crippen LogP contribution >= 0.6 is 0 Å². The third-order valence-corrected chi connectivity index (χ3v) is 3.98. The van der Waals surface area contributed by atoms with Crippen LogP contribution in [-0.4, -0.2) is 49.8 Å². The molecule has 116 valence electrons. The summed E-state index contributed by atoms with van der Waals surface area (Å²) in [4.78, 5) is 23.7. The van der Waals surface area contributed by atoms with E-state index in [4.69, 9.17) is 4.74 Å². The summed E-state index contributed by atoms with van der Waals surface area (Å²) >= 11 is 0. The maximum Gasteiger partial charge on any atom is 0.326 e. The van der Waals surface area contributed by atoms with Crippen LogP contribution in [0, 0.1) is 5.41 Å². The van der Waals surface area contributed by atoms with E-state index >= 15 is 0 Å². The lowest BCUT2D eigenvalue weighted by molar-refractivity contribution is -0.145. The molecule has 1 atom stereocenters. The SMILES string of the molecule is CCCC1(C(=O)NC(CCOC)C(=O)O)CCNCC1. The second-order valence-corrected chi connectivity index (χ2v) is 5.43. The summed E-state index contributed by atoms with van der Waals surface area (Å²) < 4.78 is 4.90.